The Balaban J connectivity index is 1.67. The van der Waals surface area contributed by atoms with Crippen molar-refractivity contribution in [3.05, 3.63) is 84.1 Å². The Labute approximate surface area is 174 Å². The topological polar surface area (TPSA) is 90.6 Å². The van der Waals surface area contributed by atoms with E-state index in [4.69, 9.17) is 4.42 Å². The molecule has 2 aromatic carbocycles. The highest BCUT2D eigenvalue weighted by atomic mass is 32.2. The van der Waals surface area contributed by atoms with Crippen molar-refractivity contribution in [2.24, 2.45) is 0 Å². The molecule has 0 aliphatic heterocycles. The van der Waals surface area contributed by atoms with Crippen LogP contribution in [0.1, 0.15) is 11.5 Å². The van der Waals surface area contributed by atoms with Gasteiger partial charge in [0.2, 0.25) is 0 Å². The van der Waals surface area contributed by atoms with Crippen molar-refractivity contribution in [1.82, 2.24) is 9.82 Å². The molecule has 2 aromatic heterocycles. The maximum Gasteiger partial charge on any atom is 0.250 e. The molecule has 0 saturated heterocycles. The predicted octanol–water partition coefficient (Wildman–Crippen LogP) is 4.67. The van der Waals surface area contributed by atoms with E-state index in [2.05, 4.69) is 15.1 Å². The Morgan fingerprint density at radius 1 is 1.10 bits per heavy atom. The first-order valence-corrected chi connectivity index (χ1v) is 10.2. The number of hydrogen-bond donors (Lipinski definition) is 3. The number of fused-ring (bicyclic) bond motifs is 1. The zero-order valence-electron chi connectivity index (χ0n) is 16.0. The summed E-state index contributed by atoms with van der Waals surface area (Å²) in [6.45, 7) is 2.39. The molecule has 0 radical (unpaired) electrons. The summed E-state index contributed by atoms with van der Waals surface area (Å²) in [5.74, 6) is 1.92. The van der Waals surface area contributed by atoms with E-state index >= 15 is 0 Å². The van der Waals surface area contributed by atoms with E-state index in [-0.39, 0.29) is 0 Å². The molecule has 3 N–H and O–H groups in total. The largest absolute Gasteiger partial charge is 0.465 e. The lowest BCUT2D eigenvalue weighted by Gasteiger charge is -2.24. The van der Waals surface area contributed by atoms with Crippen LogP contribution in [0.3, 0.4) is 0 Å². The van der Waals surface area contributed by atoms with E-state index in [1.54, 1.807) is 12.1 Å². The number of anilines is 3. The summed E-state index contributed by atoms with van der Waals surface area (Å²) >= 11 is -2.33. The van der Waals surface area contributed by atoms with E-state index in [1.165, 1.54) is 29.3 Å². The Morgan fingerprint density at radius 2 is 1.90 bits per heavy atom. The molecule has 0 bridgehead atoms. The number of rotatable bonds is 7. The summed E-state index contributed by atoms with van der Waals surface area (Å²) in [6.07, 6.45) is 0. The lowest BCUT2D eigenvalue weighted by Crippen LogP contribution is -2.35. The smallest absolute Gasteiger partial charge is 0.250 e. The van der Waals surface area contributed by atoms with Gasteiger partial charge in [-0.3, -0.25) is 9.56 Å². The highest BCUT2D eigenvalue weighted by Crippen LogP contribution is 2.31. The molecule has 1 unspecified atom stereocenters. The molecule has 30 heavy (non-hydrogen) atoms. The van der Waals surface area contributed by atoms with Gasteiger partial charge in [-0.2, -0.15) is 0 Å². The van der Waals surface area contributed by atoms with Crippen molar-refractivity contribution < 1.29 is 17.6 Å². The third kappa shape index (κ3) is 4.48. The maximum atomic E-state index is 13.3. The number of benzene rings is 2. The highest BCUT2D eigenvalue weighted by molar-refractivity contribution is 7.77. The van der Waals surface area contributed by atoms with E-state index in [1.807, 2.05) is 37.3 Å². The van der Waals surface area contributed by atoms with Crippen LogP contribution in [-0.2, 0) is 17.8 Å². The monoisotopic (exact) mass is 426 g/mol. The Morgan fingerprint density at radius 3 is 2.60 bits per heavy atom. The van der Waals surface area contributed by atoms with Crippen LogP contribution < -0.4 is 15.2 Å². The standard InChI is InChI=1S/C21H19FN4O3S/c1-14-5-10-17(29-14)13-23-21-12-11-18-19(24-21)3-2-4-20(18)26(25-30(27)28)16-8-6-15(22)7-9-16/h2-12,25H,13H2,1H3,(H,23,24)(H,27,28). The molecule has 4 aromatic rings. The van der Waals surface area contributed by atoms with Gasteiger partial charge in [0, 0.05) is 5.39 Å². The maximum absolute atomic E-state index is 13.3. The number of aromatic nitrogens is 1. The minimum absolute atomic E-state index is 0.397. The number of hydrogen-bond acceptors (Lipinski definition) is 5. The molecule has 0 aliphatic rings. The first kappa shape index (κ1) is 20.0. The van der Waals surface area contributed by atoms with Gasteiger partial charge in [-0.1, -0.05) is 6.07 Å². The van der Waals surface area contributed by atoms with Gasteiger partial charge in [0.15, 0.2) is 0 Å². The number of furan rings is 1. The first-order chi connectivity index (χ1) is 14.5. The van der Waals surface area contributed by atoms with E-state index < -0.39 is 17.1 Å². The van der Waals surface area contributed by atoms with Crippen LogP contribution in [0.15, 0.2) is 71.1 Å². The fourth-order valence-electron chi connectivity index (χ4n) is 3.10. The molecule has 1 atom stereocenters. The molecule has 7 nitrogen and oxygen atoms in total. The summed E-state index contributed by atoms with van der Waals surface area (Å²) in [6, 6.07) is 18.5. The van der Waals surface area contributed by atoms with E-state index in [0.29, 0.717) is 29.3 Å². The fourth-order valence-corrected chi connectivity index (χ4v) is 3.46. The fraction of sp³-hybridized carbons (Fsp3) is 0.0952. The second-order valence-electron chi connectivity index (χ2n) is 6.56. The van der Waals surface area contributed by atoms with E-state index in [0.717, 1.165) is 16.9 Å². The zero-order chi connectivity index (χ0) is 21.1. The number of aryl methyl sites for hydroxylation is 1. The molecule has 9 heteroatoms. The van der Waals surface area contributed by atoms with Crippen molar-refractivity contribution in [1.29, 1.82) is 0 Å². The minimum atomic E-state index is -2.33. The quantitative estimate of drug-likeness (QED) is 0.294. The van der Waals surface area contributed by atoms with Gasteiger partial charge in [-0.15, -0.1) is 4.83 Å². The van der Waals surface area contributed by atoms with Crippen molar-refractivity contribution >= 4 is 39.4 Å². The van der Waals surface area contributed by atoms with Gasteiger partial charge in [-0.05, 0) is 67.6 Å². The first-order valence-electron chi connectivity index (χ1n) is 9.11. The lowest BCUT2D eigenvalue weighted by atomic mass is 10.1. The zero-order valence-corrected chi connectivity index (χ0v) is 16.8. The molecular weight excluding hydrogens is 407 g/mol. The summed E-state index contributed by atoms with van der Waals surface area (Å²) in [4.78, 5) is 7.09. The second-order valence-corrected chi connectivity index (χ2v) is 7.24. The van der Waals surface area contributed by atoms with Crippen LogP contribution in [0.4, 0.5) is 21.6 Å². The van der Waals surface area contributed by atoms with Gasteiger partial charge in [0.1, 0.15) is 23.2 Å². The molecule has 154 valence electrons. The predicted molar refractivity (Wildman–Crippen MR) is 115 cm³/mol. The molecule has 0 saturated carbocycles. The molecule has 0 aliphatic carbocycles. The van der Waals surface area contributed by atoms with Crippen LogP contribution in [0, 0.1) is 12.7 Å². The van der Waals surface area contributed by atoms with Gasteiger partial charge in [0.05, 0.1) is 23.4 Å². The third-order valence-electron chi connectivity index (χ3n) is 4.44. The summed E-state index contributed by atoms with van der Waals surface area (Å²) in [5.41, 5.74) is 1.79. The number of pyridine rings is 1. The number of halogens is 1. The third-order valence-corrected chi connectivity index (χ3v) is 4.78. The van der Waals surface area contributed by atoms with Gasteiger partial charge >= 0.3 is 0 Å². The molecule has 2 heterocycles. The van der Waals surface area contributed by atoms with Crippen molar-refractivity contribution in [2.45, 2.75) is 13.5 Å². The SMILES string of the molecule is Cc1ccc(CNc2ccc3c(N(NS(=O)O)c4ccc(F)cc4)cccc3n2)o1. The highest BCUT2D eigenvalue weighted by Gasteiger charge is 2.15. The van der Waals surface area contributed by atoms with Crippen LogP contribution >= 0.6 is 0 Å². The molecule has 4 rings (SSSR count). The summed E-state index contributed by atoms with van der Waals surface area (Å²) in [7, 11) is 0. The second kappa shape index (κ2) is 8.62. The Kier molecular flexibility index (Phi) is 5.75. The van der Waals surface area contributed by atoms with Crippen LogP contribution in [-0.4, -0.2) is 13.7 Å². The number of nitrogens with zero attached hydrogens (tertiary/aromatic N) is 2. The van der Waals surface area contributed by atoms with Crippen LogP contribution in [0.5, 0.6) is 0 Å². The van der Waals surface area contributed by atoms with Crippen LogP contribution in [0.2, 0.25) is 0 Å². The minimum Gasteiger partial charge on any atom is -0.465 e. The lowest BCUT2D eigenvalue weighted by molar-refractivity contribution is 0.490. The summed E-state index contributed by atoms with van der Waals surface area (Å²) < 4.78 is 39.8. The van der Waals surface area contributed by atoms with Gasteiger partial charge in [0.25, 0.3) is 11.3 Å². The number of nitrogens with one attached hydrogen (secondary N) is 2. The normalized spacial score (nSPS) is 12.1. The molecular formula is C21H19FN4O3S. The summed E-state index contributed by atoms with van der Waals surface area (Å²) in [5, 5.41) is 5.40. The Hall–Kier alpha value is -3.27. The Bertz CT molecular complexity index is 1200. The average Bonchev–Trinajstić information content (AvgIpc) is 3.16. The van der Waals surface area contributed by atoms with Gasteiger partial charge in [-0.25, -0.2) is 13.6 Å². The number of hydrazine groups is 1. The average molecular weight is 426 g/mol. The molecule has 0 fully saturated rings. The van der Waals surface area contributed by atoms with Crippen LogP contribution in [0.25, 0.3) is 10.9 Å². The molecule has 0 amide bonds. The van der Waals surface area contributed by atoms with Gasteiger partial charge < -0.3 is 9.73 Å². The van der Waals surface area contributed by atoms with E-state index in [9.17, 15) is 13.2 Å². The van der Waals surface area contributed by atoms with Crippen molar-refractivity contribution in [3.8, 4) is 0 Å². The molecule has 0 spiro atoms. The van der Waals surface area contributed by atoms with Crippen molar-refractivity contribution in [2.75, 3.05) is 10.3 Å². The van der Waals surface area contributed by atoms with Crippen molar-refractivity contribution in [3.63, 3.8) is 0 Å².